The van der Waals surface area contributed by atoms with Gasteiger partial charge in [-0.15, -0.1) is 5.11 Å². The number of phenols is 1. The molecule has 0 atom stereocenters. The molecule has 0 bridgehead atoms. The Morgan fingerprint density at radius 3 is 2.23 bits per heavy atom. The minimum Gasteiger partial charge on any atom is -0.506 e. The van der Waals surface area contributed by atoms with E-state index in [0.29, 0.717) is 16.9 Å². The summed E-state index contributed by atoms with van der Waals surface area (Å²) in [5.74, 6) is 0.0648. The van der Waals surface area contributed by atoms with Crippen LogP contribution in [0.15, 0.2) is 83.0 Å². The number of phenolic OH excluding ortho intramolecular Hbond substituents is 1. The maximum atomic E-state index is 9.99. The van der Waals surface area contributed by atoms with E-state index >= 15 is 0 Å². The monoisotopic (exact) mass is 342 g/mol. The van der Waals surface area contributed by atoms with Crippen molar-refractivity contribution in [1.82, 2.24) is 0 Å². The molecule has 0 saturated carbocycles. The van der Waals surface area contributed by atoms with Crippen LogP contribution in [0.4, 0.5) is 11.4 Å². The second kappa shape index (κ2) is 7.90. The molecule has 0 amide bonds. The molecule has 26 heavy (non-hydrogen) atoms. The van der Waals surface area contributed by atoms with E-state index in [4.69, 9.17) is 11.1 Å². The van der Waals surface area contributed by atoms with Crippen LogP contribution >= 0.6 is 0 Å². The van der Waals surface area contributed by atoms with Crippen LogP contribution < -0.4 is 5.73 Å². The quantitative estimate of drug-likeness (QED) is 0.255. The predicted octanol–water partition coefficient (Wildman–Crippen LogP) is 5.26. The van der Waals surface area contributed by atoms with Gasteiger partial charge in [-0.3, -0.25) is 5.41 Å². The Balaban J connectivity index is 1.79. The zero-order valence-corrected chi connectivity index (χ0v) is 14.0. The summed E-state index contributed by atoms with van der Waals surface area (Å²) in [7, 11) is 0. The Morgan fingerprint density at radius 1 is 0.846 bits per heavy atom. The van der Waals surface area contributed by atoms with Crippen molar-refractivity contribution in [1.29, 1.82) is 5.41 Å². The molecule has 0 unspecified atom stereocenters. The highest BCUT2D eigenvalue weighted by molar-refractivity contribution is 5.95. The average molecular weight is 342 g/mol. The van der Waals surface area contributed by atoms with Crippen molar-refractivity contribution in [3.8, 4) is 5.75 Å². The number of nitrogens with one attached hydrogen (secondary N) is 1. The summed E-state index contributed by atoms with van der Waals surface area (Å²) in [4.78, 5) is 0. The van der Waals surface area contributed by atoms with Gasteiger partial charge in [-0.2, -0.15) is 5.11 Å². The van der Waals surface area contributed by atoms with Gasteiger partial charge in [0.05, 0.1) is 5.69 Å². The van der Waals surface area contributed by atoms with E-state index in [9.17, 15) is 5.11 Å². The molecule has 0 saturated heterocycles. The van der Waals surface area contributed by atoms with Crippen molar-refractivity contribution in [3.05, 3.63) is 89.5 Å². The number of hydrogen-bond acceptors (Lipinski definition) is 4. The van der Waals surface area contributed by atoms with Gasteiger partial charge in [-0.25, -0.2) is 0 Å². The zero-order valence-electron chi connectivity index (χ0n) is 14.0. The lowest BCUT2D eigenvalue weighted by molar-refractivity contribution is 0.476. The van der Waals surface area contributed by atoms with Gasteiger partial charge in [0, 0.05) is 5.56 Å². The fourth-order valence-corrected chi connectivity index (χ4v) is 2.30. The lowest BCUT2D eigenvalue weighted by atomic mass is 10.1. The van der Waals surface area contributed by atoms with E-state index in [2.05, 4.69) is 10.2 Å². The molecule has 3 aromatic rings. The maximum absolute atomic E-state index is 9.99. The van der Waals surface area contributed by atoms with Crippen LogP contribution in [0.1, 0.15) is 16.7 Å². The van der Waals surface area contributed by atoms with Gasteiger partial charge in [0.25, 0.3) is 0 Å². The number of nitrogen functional groups attached to an aromatic ring is 1. The maximum Gasteiger partial charge on any atom is 0.143 e. The van der Waals surface area contributed by atoms with Crippen LogP contribution in [-0.4, -0.2) is 10.9 Å². The Labute approximate surface area is 151 Å². The van der Waals surface area contributed by atoms with Gasteiger partial charge in [-0.05, 0) is 47.5 Å². The van der Waals surface area contributed by atoms with Gasteiger partial charge in [0.2, 0.25) is 0 Å². The van der Waals surface area contributed by atoms with Crippen molar-refractivity contribution in [2.45, 2.75) is 0 Å². The highest BCUT2D eigenvalue weighted by Gasteiger charge is 2.01. The summed E-state index contributed by atoms with van der Waals surface area (Å²) in [6.45, 7) is 0. The molecular weight excluding hydrogens is 324 g/mol. The molecule has 0 aliphatic rings. The molecule has 0 aromatic heterocycles. The minimum absolute atomic E-state index is 0.00374. The van der Waals surface area contributed by atoms with E-state index in [1.54, 1.807) is 36.4 Å². The summed E-state index contributed by atoms with van der Waals surface area (Å²) in [5, 5.41) is 25.6. The topological polar surface area (TPSA) is 94.8 Å². The number of hydrogen-bond donors (Lipinski definition) is 3. The number of aromatic hydroxyl groups is 1. The van der Waals surface area contributed by atoms with Gasteiger partial charge >= 0.3 is 0 Å². The number of rotatable bonds is 5. The van der Waals surface area contributed by atoms with Gasteiger partial charge in [0.15, 0.2) is 0 Å². The summed E-state index contributed by atoms with van der Waals surface area (Å²) < 4.78 is 0. The molecule has 0 aliphatic carbocycles. The van der Waals surface area contributed by atoms with Crippen LogP contribution in [0.3, 0.4) is 0 Å². The molecule has 5 heteroatoms. The third-order valence-electron chi connectivity index (χ3n) is 3.72. The third-order valence-corrected chi connectivity index (χ3v) is 3.72. The Morgan fingerprint density at radius 2 is 1.54 bits per heavy atom. The molecule has 0 spiro atoms. The third kappa shape index (κ3) is 4.42. The fourth-order valence-electron chi connectivity index (χ4n) is 2.30. The highest BCUT2D eigenvalue weighted by Crippen LogP contribution is 2.29. The first kappa shape index (κ1) is 17.1. The van der Waals surface area contributed by atoms with E-state index in [1.807, 2.05) is 48.6 Å². The molecule has 4 N–H and O–H groups in total. The first-order valence-corrected chi connectivity index (χ1v) is 8.04. The van der Waals surface area contributed by atoms with Crippen molar-refractivity contribution < 1.29 is 5.11 Å². The van der Waals surface area contributed by atoms with Crippen molar-refractivity contribution in [3.63, 3.8) is 0 Å². The molecule has 0 heterocycles. The van der Waals surface area contributed by atoms with Crippen LogP contribution in [-0.2, 0) is 0 Å². The number of azo groups is 1. The standard InChI is InChI=1S/C21H18N4O/c22-21(23)17-9-11-18(12-10-17)24-25-19-14-16(8-13-20(19)26)7-6-15-4-2-1-3-5-15/h1-14,26H,(H3,22,23)/b7-6+,25-24?. The second-order valence-electron chi connectivity index (χ2n) is 5.65. The molecule has 0 radical (unpaired) electrons. The van der Waals surface area contributed by atoms with Crippen LogP contribution in [0.5, 0.6) is 5.75 Å². The van der Waals surface area contributed by atoms with Crippen molar-refractivity contribution >= 4 is 29.4 Å². The second-order valence-corrected chi connectivity index (χ2v) is 5.65. The molecule has 0 aliphatic heterocycles. The molecule has 0 fully saturated rings. The van der Waals surface area contributed by atoms with Gasteiger partial charge in [0.1, 0.15) is 17.3 Å². The lowest BCUT2D eigenvalue weighted by Crippen LogP contribution is -2.10. The normalized spacial score (nSPS) is 11.2. The summed E-state index contributed by atoms with van der Waals surface area (Å²) in [6, 6.07) is 22.0. The van der Waals surface area contributed by atoms with E-state index in [1.165, 1.54) is 0 Å². The largest absolute Gasteiger partial charge is 0.506 e. The number of nitrogens with zero attached hydrogens (tertiary/aromatic N) is 2. The molecule has 3 rings (SSSR count). The molecule has 128 valence electrons. The number of nitrogens with two attached hydrogens (primary N) is 1. The van der Waals surface area contributed by atoms with E-state index < -0.39 is 0 Å². The van der Waals surface area contributed by atoms with E-state index in [-0.39, 0.29) is 11.6 Å². The Hall–Kier alpha value is -3.73. The number of benzene rings is 3. The summed E-state index contributed by atoms with van der Waals surface area (Å²) in [6.07, 6.45) is 3.95. The smallest absolute Gasteiger partial charge is 0.143 e. The van der Waals surface area contributed by atoms with Gasteiger partial charge < -0.3 is 10.8 Å². The van der Waals surface area contributed by atoms with Crippen molar-refractivity contribution in [2.24, 2.45) is 16.0 Å². The predicted molar refractivity (Wildman–Crippen MR) is 105 cm³/mol. The lowest BCUT2D eigenvalue weighted by Gasteiger charge is -2.01. The SMILES string of the molecule is N=C(N)c1ccc(N=Nc2cc(/C=C/c3ccccc3)ccc2O)cc1. The zero-order chi connectivity index (χ0) is 18.4. The summed E-state index contributed by atoms with van der Waals surface area (Å²) >= 11 is 0. The molecule has 3 aromatic carbocycles. The Kier molecular flexibility index (Phi) is 5.19. The number of amidine groups is 1. The fraction of sp³-hybridized carbons (Fsp3) is 0. The molecule has 5 nitrogen and oxygen atoms in total. The summed E-state index contributed by atoms with van der Waals surface area (Å²) in [5.41, 5.74) is 9.05. The minimum atomic E-state index is 0.00374. The highest BCUT2D eigenvalue weighted by atomic mass is 16.3. The first-order chi connectivity index (χ1) is 12.6. The van der Waals surface area contributed by atoms with Crippen molar-refractivity contribution in [2.75, 3.05) is 0 Å². The first-order valence-electron chi connectivity index (χ1n) is 8.04. The van der Waals surface area contributed by atoms with Gasteiger partial charge in [-0.1, -0.05) is 48.6 Å². The Bertz CT molecular complexity index is 961. The van der Waals surface area contributed by atoms with Crippen LogP contribution in [0, 0.1) is 5.41 Å². The molecular formula is C21H18N4O. The average Bonchev–Trinajstić information content (AvgIpc) is 2.67. The van der Waals surface area contributed by atoms with Crippen LogP contribution in [0.25, 0.3) is 12.2 Å². The van der Waals surface area contributed by atoms with E-state index in [0.717, 1.165) is 11.1 Å². The van der Waals surface area contributed by atoms with Crippen LogP contribution in [0.2, 0.25) is 0 Å².